The van der Waals surface area contributed by atoms with Crippen LogP contribution in [0.3, 0.4) is 0 Å². The highest BCUT2D eigenvalue weighted by Gasteiger charge is 2.61. The SMILES string of the molecule is C[C@@H](C(=O)NC[C@H](c1ccc(Cl)c(-n2ncnc2C(F)F)c1)N1C(=N)N[C@](CC(C)(C)C)(C2(C)C=CC(c3cnn(C4CC4)n3)=CC2)C1=O)C(F)(F)F. The number of hydrogen-bond donors (Lipinski definition) is 3. The molecular weight excluding hydrogens is 723 g/mol. The monoisotopic (exact) mass is 762 g/mol. The fourth-order valence-electron chi connectivity index (χ4n) is 6.89. The fraction of sp³-hybridized carbons (Fsp3) is 0.514. The summed E-state index contributed by atoms with van der Waals surface area (Å²) < 4.78 is 69.1. The van der Waals surface area contributed by atoms with Gasteiger partial charge in [-0.3, -0.25) is 19.9 Å². The van der Waals surface area contributed by atoms with Gasteiger partial charge in [0.1, 0.15) is 23.5 Å². The fourth-order valence-corrected chi connectivity index (χ4v) is 7.09. The number of alkyl halides is 5. The van der Waals surface area contributed by atoms with Gasteiger partial charge in [-0.1, -0.05) is 63.6 Å². The molecule has 53 heavy (non-hydrogen) atoms. The number of benzene rings is 1. The molecule has 0 bridgehead atoms. The summed E-state index contributed by atoms with van der Waals surface area (Å²) in [5, 5.41) is 27.5. The smallest absolute Gasteiger partial charge is 0.353 e. The van der Waals surface area contributed by atoms with Crippen LogP contribution in [0.5, 0.6) is 0 Å². The molecule has 0 radical (unpaired) electrons. The van der Waals surface area contributed by atoms with Crippen molar-refractivity contribution in [2.45, 2.75) is 90.5 Å². The third-order valence-electron chi connectivity index (χ3n) is 10.00. The molecule has 3 aliphatic rings. The first-order valence-corrected chi connectivity index (χ1v) is 17.5. The predicted octanol–water partition coefficient (Wildman–Crippen LogP) is 6.73. The van der Waals surface area contributed by atoms with Crippen molar-refractivity contribution in [3.8, 4) is 5.69 Å². The van der Waals surface area contributed by atoms with Crippen LogP contribution in [-0.4, -0.2) is 70.7 Å². The van der Waals surface area contributed by atoms with Gasteiger partial charge in [0.2, 0.25) is 5.91 Å². The highest BCUT2D eigenvalue weighted by Crippen LogP contribution is 2.50. The van der Waals surface area contributed by atoms with Crippen molar-refractivity contribution in [3.63, 3.8) is 0 Å². The molecule has 12 nitrogen and oxygen atoms in total. The van der Waals surface area contributed by atoms with Crippen molar-refractivity contribution in [2.24, 2.45) is 16.7 Å². The molecule has 3 aromatic rings. The maximum Gasteiger partial charge on any atom is 0.400 e. The minimum absolute atomic E-state index is 0.0164. The number of rotatable bonds is 11. The maximum absolute atomic E-state index is 15.1. The van der Waals surface area contributed by atoms with Crippen LogP contribution >= 0.6 is 11.6 Å². The van der Waals surface area contributed by atoms with Crippen LogP contribution in [0.1, 0.15) is 95.9 Å². The first-order chi connectivity index (χ1) is 24.7. The Hall–Kier alpha value is -4.67. The molecule has 2 aromatic heterocycles. The minimum atomic E-state index is -4.84. The zero-order valence-electron chi connectivity index (χ0n) is 29.7. The van der Waals surface area contributed by atoms with Gasteiger partial charge in [0.15, 0.2) is 11.8 Å². The number of carbonyl (C=O) groups excluding carboxylic acids is 2. The van der Waals surface area contributed by atoms with Gasteiger partial charge in [-0.2, -0.15) is 33.3 Å². The molecule has 6 rings (SSSR count). The van der Waals surface area contributed by atoms with Gasteiger partial charge in [-0.25, -0.2) is 18.4 Å². The quantitative estimate of drug-likeness (QED) is 0.184. The van der Waals surface area contributed by atoms with Crippen molar-refractivity contribution in [3.05, 3.63) is 71.1 Å². The van der Waals surface area contributed by atoms with Crippen LogP contribution in [0.4, 0.5) is 22.0 Å². The van der Waals surface area contributed by atoms with E-state index < -0.39 is 65.1 Å². The van der Waals surface area contributed by atoms with Crippen LogP contribution in [0.2, 0.25) is 5.02 Å². The van der Waals surface area contributed by atoms with Gasteiger partial charge in [0, 0.05) is 12.0 Å². The van der Waals surface area contributed by atoms with Gasteiger partial charge >= 0.3 is 6.18 Å². The summed E-state index contributed by atoms with van der Waals surface area (Å²) >= 11 is 6.43. The van der Waals surface area contributed by atoms with E-state index in [1.807, 2.05) is 45.9 Å². The van der Waals surface area contributed by atoms with Crippen LogP contribution in [0.25, 0.3) is 11.3 Å². The Kier molecular flexibility index (Phi) is 9.79. The molecule has 1 saturated carbocycles. The van der Waals surface area contributed by atoms with E-state index in [2.05, 4.69) is 30.9 Å². The van der Waals surface area contributed by atoms with E-state index >= 15 is 4.79 Å². The van der Waals surface area contributed by atoms with Crippen molar-refractivity contribution in [2.75, 3.05) is 6.54 Å². The lowest BCUT2D eigenvalue weighted by Crippen LogP contribution is -2.60. The number of allylic oxidation sites excluding steroid dienone is 3. The number of carbonyl (C=O) groups is 2. The van der Waals surface area contributed by atoms with Crippen LogP contribution < -0.4 is 10.6 Å². The Morgan fingerprint density at radius 3 is 2.51 bits per heavy atom. The number of halogens is 6. The number of nitrogens with zero attached hydrogens (tertiary/aromatic N) is 7. The Morgan fingerprint density at radius 2 is 1.91 bits per heavy atom. The molecule has 1 aromatic carbocycles. The van der Waals surface area contributed by atoms with Crippen molar-refractivity contribution >= 4 is 34.9 Å². The van der Waals surface area contributed by atoms with Gasteiger partial charge in [-0.05, 0) is 61.3 Å². The predicted molar refractivity (Wildman–Crippen MR) is 185 cm³/mol. The second-order valence-corrected chi connectivity index (χ2v) is 15.7. The third-order valence-corrected chi connectivity index (χ3v) is 10.3. The van der Waals surface area contributed by atoms with Crippen LogP contribution in [0, 0.1) is 22.2 Å². The summed E-state index contributed by atoms with van der Waals surface area (Å²) in [5.41, 5.74) is -1.24. The highest BCUT2D eigenvalue weighted by atomic mass is 35.5. The van der Waals surface area contributed by atoms with Gasteiger partial charge in [-0.15, -0.1) is 0 Å². The third kappa shape index (κ3) is 7.31. The Morgan fingerprint density at radius 1 is 1.19 bits per heavy atom. The minimum Gasteiger partial charge on any atom is -0.353 e. The zero-order chi connectivity index (χ0) is 38.7. The molecule has 284 valence electrons. The molecule has 18 heteroatoms. The molecule has 3 heterocycles. The summed E-state index contributed by atoms with van der Waals surface area (Å²) in [4.78, 5) is 34.3. The summed E-state index contributed by atoms with van der Waals surface area (Å²) in [6, 6.07) is 3.15. The first-order valence-electron chi connectivity index (χ1n) is 17.1. The van der Waals surface area contributed by atoms with Gasteiger partial charge in [0.25, 0.3) is 12.3 Å². The molecule has 2 aliphatic carbocycles. The van der Waals surface area contributed by atoms with E-state index in [1.165, 1.54) is 18.2 Å². The Balaban J connectivity index is 1.40. The number of aromatic nitrogens is 6. The topological polar surface area (TPSA) is 147 Å². The zero-order valence-corrected chi connectivity index (χ0v) is 30.4. The summed E-state index contributed by atoms with van der Waals surface area (Å²) in [6.45, 7) is 7.89. The summed E-state index contributed by atoms with van der Waals surface area (Å²) in [5.74, 6) is -5.36. The number of nitrogens with one attached hydrogen (secondary N) is 3. The van der Waals surface area contributed by atoms with Crippen LogP contribution in [0.15, 0.2) is 49.0 Å². The number of amides is 2. The Labute approximate surface area is 307 Å². The van der Waals surface area contributed by atoms with Crippen LogP contribution in [-0.2, 0) is 9.59 Å². The second kappa shape index (κ2) is 13.6. The van der Waals surface area contributed by atoms with E-state index in [4.69, 9.17) is 11.6 Å². The summed E-state index contributed by atoms with van der Waals surface area (Å²) in [7, 11) is 0. The lowest BCUT2D eigenvalue weighted by atomic mass is 9.61. The molecule has 1 aliphatic heterocycles. The molecule has 1 unspecified atom stereocenters. The average molecular weight is 763 g/mol. The number of hydrogen-bond acceptors (Lipinski definition) is 7. The largest absolute Gasteiger partial charge is 0.400 e. The molecule has 2 amide bonds. The van der Waals surface area contributed by atoms with Crippen molar-refractivity contribution < 1.29 is 31.5 Å². The van der Waals surface area contributed by atoms with E-state index in [1.54, 1.807) is 11.0 Å². The average Bonchev–Trinajstić information content (AvgIpc) is 3.48. The van der Waals surface area contributed by atoms with Crippen molar-refractivity contribution in [1.82, 2.24) is 45.3 Å². The van der Waals surface area contributed by atoms with E-state index in [0.717, 1.165) is 34.3 Å². The van der Waals surface area contributed by atoms with Crippen molar-refractivity contribution in [1.29, 1.82) is 5.41 Å². The molecular formula is C35H40ClF5N10O2. The molecule has 4 atom stereocenters. The summed E-state index contributed by atoms with van der Waals surface area (Å²) in [6.07, 6.45) is 3.10. The molecule has 2 fully saturated rings. The molecule has 1 saturated heterocycles. The Bertz CT molecular complexity index is 1980. The maximum atomic E-state index is 15.1. The van der Waals surface area contributed by atoms with E-state index in [-0.39, 0.29) is 28.7 Å². The standard InChI is InChI=1S/C35H40ClF5N10O2/c1-19(35(39,40)41)29(52)43-16-26(21-6-9-23(36)25(14-21)50-28(27(37)38)44-18-46-50)49-30(53)34(47-31(49)42,17-32(2,3)4)33(5)12-10-20(11-13-33)24-15-45-51(48-24)22-7-8-22/h6,9-12,14-15,18-19,22,26-27H,7-8,13,16-17H2,1-5H3,(H2,42,47)(H,43,52)/t19-,26+,33?,34-/m0/s1. The van der Waals surface area contributed by atoms with Gasteiger partial charge < -0.3 is 10.6 Å². The van der Waals surface area contributed by atoms with E-state index in [9.17, 15) is 32.2 Å². The number of guanidine groups is 1. The van der Waals surface area contributed by atoms with Gasteiger partial charge in [0.05, 0.1) is 29.0 Å². The lowest BCUT2D eigenvalue weighted by Gasteiger charge is -2.46. The second-order valence-electron chi connectivity index (χ2n) is 15.3. The first kappa shape index (κ1) is 38.1. The molecule has 0 spiro atoms. The molecule has 3 N–H and O–H groups in total. The normalized spacial score (nSPS) is 23.3. The van der Waals surface area contributed by atoms with E-state index in [0.29, 0.717) is 25.1 Å². The highest BCUT2D eigenvalue weighted by molar-refractivity contribution is 6.32. The lowest BCUT2D eigenvalue weighted by molar-refractivity contribution is -0.179.